The second-order valence-corrected chi connectivity index (χ2v) is 4.22. The lowest BCUT2D eigenvalue weighted by molar-refractivity contribution is 0.0216. The van der Waals surface area contributed by atoms with Gasteiger partial charge in [0.15, 0.2) is 0 Å². The minimum atomic E-state index is 0.651. The Hall–Kier alpha value is -0.160. The fraction of sp³-hybridized carbons (Fsp3) is 1.00. The van der Waals surface area contributed by atoms with Crippen LogP contribution in [0.4, 0.5) is 0 Å². The molecule has 4 heteroatoms. The second-order valence-electron chi connectivity index (χ2n) is 4.22. The van der Waals surface area contributed by atoms with E-state index in [1.165, 1.54) is 12.8 Å². The molecular weight excluding hydrogens is 218 g/mol. The van der Waals surface area contributed by atoms with Crippen molar-refractivity contribution in [3.05, 3.63) is 0 Å². The van der Waals surface area contributed by atoms with E-state index < -0.39 is 0 Å². The molecule has 0 heterocycles. The lowest BCUT2D eigenvalue weighted by Crippen LogP contribution is -2.20. The minimum Gasteiger partial charge on any atom is -0.382 e. The van der Waals surface area contributed by atoms with Crippen molar-refractivity contribution >= 4 is 0 Å². The van der Waals surface area contributed by atoms with Crippen molar-refractivity contribution < 1.29 is 14.2 Å². The molecule has 0 rings (SSSR count). The van der Waals surface area contributed by atoms with Crippen molar-refractivity contribution in [2.24, 2.45) is 5.92 Å². The molecule has 0 aromatic rings. The second kappa shape index (κ2) is 13.9. The van der Waals surface area contributed by atoms with Gasteiger partial charge in [-0.05, 0) is 32.4 Å². The van der Waals surface area contributed by atoms with E-state index in [4.69, 9.17) is 14.2 Å². The fourth-order valence-corrected chi connectivity index (χ4v) is 1.76. The molecule has 0 fully saturated rings. The van der Waals surface area contributed by atoms with Crippen LogP contribution in [0.1, 0.15) is 26.2 Å². The lowest BCUT2D eigenvalue weighted by atomic mass is 10.0. The first-order valence-electron chi connectivity index (χ1n) is 6.64. The summed E-state index contributed by atoms with van der Waals surface area (Å²) in [5.41, 5.74) is 0. The van der Waals surface area contributed by atoms with Gasteiger partial charge in [0.25, 0.3) is 0 Å². The monoisotopic (exact) mass is 247 g/mol. The largest absolute Gasteiger partial charge is 0.382 e. The van der Waals surface area contributed by atoms with Crippen LogP contribution in [0.3, 0.4) is 0 Å². The van der Waals surface area contributed by atoms with Gasteiger partial charge in [-0.3, -0.25) is 0 Å². The normalized spacial score (nSPS) is 12.9. The van der Waals surface area contributed by atoms with E-state index in [2.05, 4.69) is 12.2 Å². The Bertz CT molecular complexity index is 139. The Morgan fingerprint density at radius 3 is 2.18 bits per heavy atom. The summed E-state index contributed by atoms with van der Waals surface area (Å²) >= 11 is 0. The van der Waals surface area contributed by atoms with Crippen LogP contribution >= 0.6 is 0 Å². The average molecular weight is 247 g/mol. The van der Waals surface area contributed by atoms with Crippen molar-refractivity contribution in [3.8, 4) is 0 Å². The molecule has 4 nitrogen and oxygen atoms in total. The van der Waals surface area contributed by atoms with Gasteiger partial charge < -0.3 is 19.5 Å². The van der Waals surface area contributed by atoms with Crippen LogP contribution in [-0.2, 0) is 14.2 Å². The first-order valence-corrected chi connectivity index (χ1v) is 6.64. The molecule has 0 spiro atoms. The van der Waals surface area contributed by atoms with Gasteiger partial charge in [-0.25, -0.2) is 0 Å². The minimum absolute atomic E-state index is 0.651. The summed E-state index contributed by atoms with van der Waals surface area (Å²) in [6.45, 7) is 6.80. The summed E-state index contributed by atoms with van der Waals surface area (Å²) in [5.74, 6) is 0.736. The molecule has 0 aliphatic heterocycles. The van der Waals surface area contributed by atoms with Crippen LogP contribution in [0, 0.1) is 5.92 Å². The molecule has 0 aliphatic rings. The zero-order chi connectivity index (χ0) is 12.8. The Labute approximate surface area is 106 Å². The first-order chi connectivity index (χ1) is 8.35. The van der Waals surface area contributed by atoms with Crippen molar-refractivity contribution in [2.75, 3.05) is 53.7 Å². The maximum atomic E-state index is 5.54. The number of methoxy groups -OCH3 is 1. The molecule has 0 radical (unpaired) electrons. The number of rotatable bonds is 13. The van der Waals surface area contributed by atoms with Gasteiger partial charge in [0, 0.05) is 13.7 Å². The molecule has 1 unspecified atom stereocenters. The zero-order valence-corrected chi connectivity index (χ0v) is 11.7. The summed E-state index contributed by atoms with van der Waals surface area (Å²) in [7, 11) is 3.68. The Balaban J connectivity index is 3.23. The standard InChI is InChI=1S/C13H29NO3/c1-4-5-13(12-14-2)6-7-16-10-11-17-9-8-15-3/h13-14H,4-12H2,1-3H3. The first kappa shape index (κ1) is 16.8. The number of hydrogen-bond donors (Lipinski definition) is 1. The molecule has 0 saturated heterocycles. The van der Waals surface area contributed by atoms with Gasteiger partial charge in [0.05, 0.1) is 26.4 Å². The van der Waals surface area contributed by atoms with Gasteiger partial charge in [0.2, 0.25) is 0 Å². The number of nitrogens with one attached hydrogen (secondary N) is 1. The SMILES string of the molecule is CCCC(CCOCCOCCOC)CNC. The fourth-order valence-electron chi connectivity index (χ4n) is 1.76. The van der Waals surface area contributed by atoms with Crippen LogP contribution in [0.2, 0.25) is 0 Å². The summed E-state index contributed by atoms with van der Waals surface area (Å²) < 4.78 is 15.7. The molecule has 0 aliphatic carbocycles. The Morgan fingerprint density at radius 2 is 1.59 bits per heavy atom. The number of ether oxygens (including phenoxy) is 3. The van der Waals surface area contributed by atoms with Gasteiger partial charge in [-0.15, -0.1) is 0 Å². The third-order valence-electron chi connectivity index (χ3n) is 2.66. The van der Waals surface area contributed by atoms with E-state index in [1.807, 2.05) is 7.05 Å². The Kier molecular flexibility index (Phi) is 13.8. The molecule has 1 atom stereocenters. The highest BCUT2D eigenvalue weighted by Crippen LogP contribution is 2.09. The molecule has 0 aromatic heterocycles. The number of hydrogen-bond acceptors (Lipinski definition) is 4. The quantitative estimate of drug-likeness (QED) is 0.503. The third-order valence-corrected chi connectivity index (χ3v) is 2.66. The van der Waals surface area contributed by atoms with Crippen molar-refractivity contribution in [3.63, 3.8) is 0 Å². The van der Waals surface area contributed by atoms with E-state index in [0.29, 0.717) is 26.4 Å². The van der Waals surface area contributed by atoms with Crippen molar-refractivity contribution in [2.45, 2.75) is 26.2 Å². The summed E-state index contributed by atoms with van der Waals surface area (Å²) in [6, 6.07) is 0. The van der Waals surface area contributed by atoms with E-state index in [0.717, 1.165) is 25.5 Å². The predicted octanol–water partition coefficient (Wildman–Crippen LogP) is 1.69. The van der Waals surface area contributed by atoms with Crippen LogP contribution in [0.15, 0.2) is 0 Å². The van der Waals surface area contributed by atoms with Crippen LogP contribution in [-0.4, -0.2) is 53.7 Å². The van der Waals surface area contributed by atoms with Crippen LogP contribution in [0.25, 0.3) is 0 Å². The molecule has 17 heavy (non-hydrogen) atoms. The third kappa shape index (κ3) is 12.1. The highest BCUT2D eigenvalue weighted by molar-refractivity contribution is 4.60. The summed E-state index contributed by atoms with van der Waals surface area (Å²) in [4.78, 5) is 0. The lowest BCUT2D eigenvalue weighted by Gasteiger charge is -2.15. The highest BCUT2D eigenvalue weighted by Gasteiger charge is 2.05. The van der Waals surface area contributed by atoms with Crippen LogP contribution < -0.4 is 5.32 Å². The van der Waals surface area contributed by atoms with E-state index in [1.54, 1.807) is 7.11 Å². The molecule has 1 N–H and O–H groups in total. The molecule has 0 saturated carbocycles. The van der Waals surface area contributed by atoms with Gasteiger partial charge in [0.1, 0.15) is 0 Å². The van der Waals surface area contributed by atoms with Crippen molar-refractivity contribution in [1.82, 2.24) is 5.32 Å². The van der Waals surface area contributed by atoms with E-state index in [-0.39, 0.29) is 0 Å². The Morgan fingerprint density at radius 1 is 0.941 bits per heavy atom. The van der Waals surface area contributed by atoms with Gasteiger partial charge in [-0.1, -0.05) is 13.3 Å². The maximum absolute atomic E-state index is 5.54. The topological polar surface area (TPSA) is 39.7 Å². The van der Waals surface area contributed by atoms with E-state index in [9.17, 15) is 0 Å². The van der Waals surface area contributed by atoms with Crippen LogP contribution in [0.5, 0.6) is 0 Å². The molecule has 0 bridgehead atoms. The zero-order valence-electron chi connectivity index (χ0n) is 11.7. The summed E-state index contributed by atoms with van der Waals surface area (Å²) in [6.07, 6.45) is 3.65. The highest BCUT2D eigenvalue weighted by atomic mass is 16.5. The molecule has 0 amide bonds. The van der Waals surface area contributed by atoms with Gasteiger partial charge in [-0.2, -0.15) is 0 Å². The van der Waals surface area contributed by atoms with Gasteiger partial charge >= 0.3 is 0 Å². The predicted molar refractivity (Wildman–Crippen MR) is 70.5 cm³/mol. The maximum Gasteiger partial charge on any atom is 0.0701 e. The molecule has 104 valence electrons. The van der Waals surface area contributed by atoms with E-state index >= 15 is 0 Å². The smallest absolute Gasteiger partial charge is 0.0701 e. The molecular formula is C13H29NO3. The van der Waals surface area contributed by atoms with Crippen molar-refractivity contribution in [1.29, 1.82) is 0 Å². The average Bonchev–Trinajstić information content (AvgIpc) is 2.33. The summed E-state index contributed by atoms with van der Waals surface area (Å²) in [5, 5.41) is 3.23. The molecule has 0 aromatic carbocycles.